The average Bonchev–Trinajstić information content (AvgIpc) is 3.07. The van der Waals surface area contributed by atoms with Gasteiger partial charge in [-0.15, -0.1) is 0 Å². The van der Waals surface area contributed by atoms with Crippen molar-refractivity contribution in [2.45, 2.75) is 25.4 Å². The van der Waals surface area contributed by atoms with E-state index in [-0.39, 0.29) is 0 Å². The highest BCUT2D eigenvalue weighted by atomic mass is 79.9. The first-order valence-corrected chi connectivity index (χ1v) is 6.87. The minimum absolute atomic E-state index is 0.590. The fraction of sp³-hybridized carbons (Fsp3) is 0.286. The number of halogens is 1. The summed E-state index contributed by atoms with van der Waals surface area (Å²) in [5, 5.41) is 0. The molecule has 1 aliphatic rings. The van der Waals surface area contributed by atoms with Gasteiger partial charge in [0.25, 0.3) is 0 Å². The lowest BCUT2D eigenvalue weighted by atomic mass is 10.2. The van der Waals surface area contributed by atoms with E-state index in [1.165, 1.54) is 12.8 Å². The Labute approximate surface area is 115 Å². The van der Waals surface area contributed by atoms with Gasteiger partial charge >= 0.3 is 0 Å². The maximum absolute atomic E-state index is 6.09. The SMILES string of the molecule is Nc1ccc(Br)cc1N(Cc1ccco1)C1CC1. The summed E-state index contributed by atoms with van der Waals surface area (Å²) >= 11 is 3.51. The van der Waals surface area contributed by atoms with Gasteiger partial charge in [0.2, 0.25) is 0 Å². The van der Waals surface area contributed by atoms with Crippen molar-refractivity contribution in [2.24, 2.45) is 0 Å². The molecule has 2 N–H and O–H groups in total. The number of hydrogen-bond donors (Lipinski definition) is 1. The number of nitrogens with two attached hydrogens (primary N) is 1. The van der Waals surface area contributed by atoms with Gasteiger partial charge in [0.05, 0.1) is 24.2 Å². The minimum atomic E-state index is 0.590. The van der Waals surface area contributed by atoms with Gasteiger partial charge in [-0.25, -0.2) is 0 Å². The summed E-state index contributed by atoms with van der Waals surface area (Å²) in [5.74, 6) is 0.973. The molecule has 4 heteroatoms. The first-order chi connectivity index (χ1) is 8.74. The standard InChI is InChI=1S/C14H15BrN2O/c15-10-3-6-13(16)14(8-10)17(11-4-5-11)9-12-2-1-7-18-12/h1-3,6-8,11H,4-5,9,16H2. The highest BCUT2D eigenvalue weighted by molar-refractivity contribution is 9.10. The molecular formula is C14H15BrN2O. The molecule has 0 atom stereocenters. The van der Waals surface area contributed by atoms with E-state index < -0.39 is 0 Å². The number of hydrogen-bond acceptors (Lipinski definition) is 3. The van der Waals surface area contributed by atoms with Gasteiger partial charge in [-0.2, -0.15) is 0 Å². The van der Waals surface area contributed by atoms with E-state index in [1.807, 2.05) is 24.3 Å². The van der Waals surface area contributed by atoms with Crippen LogP contribution in [0.1, 0.15) is 18.6 Å². The zero-order valence-electron chi connectivity index (χ0n) is 9.97. The Morgan fingerprint density at radius 2 is 2.17 bits per heavy atom. The summed E-state index contributed by atoms with van der Waals surface area (Å²) in [6, 6.07) is 10.5. The van der Waals surface area contributed by atoms with Crippen LogP contribution in [-0.2, 0) is 6.54 Å². The van der Waals surface area contributed by atoms with Gasteiger partial charge < -0.3 is 15.1 Å². The molecule has 1 aromatic heterocycles. The zero-order chi connectivity index (χ0) is 12.5. The van der Waals surface area contributed by atoms with Gasteiger partial charge in [0.15, 0.2) is 0 Å². The second kappa shape index (κ2) is 4.69. The van der Waals surface area contributed by atoms with Gasteiger partial charge in [-0.05, 0) is 43.2 Å². The summed E-state index contributed by atoms with van der Waals surface area (Å²) in [6.07, 6.45) is 4.17. The predicted octanol–water partition coefficient (Wildman–Crippen LogP) is 3.79. The van der Waals surface area contributed by atoms with E-state index in [9.17, 15) is 0 Å². The molecule has 1 saturated carbocycles. The smallest absolute Gasteiger partial charge is 0.123 e. The lowest BCUT2D eigenvalue weighted by Gasteiger charge is -2.25. The normalized spacial score (nSPS) is 14.7. The van der Waals surface area contributed by atoms with Crippen molar-refractivity contribution in [3.05, 3.63) is 46.8 Å². The van der Waals surface area contributed by atoms with Crippen molar-refractivity contribution in [1.29, 1.82) is 0 Å². The molecule has 1 heterocycles. The first kappa shape index (κ1) is 11.7. The van der Waals surface area contributed by atoms with E-state index in [1.54, 1.807) is 6.26 Å². The average molecular weight is 307 g/mol. The summed E-state index contributed by atoms with van der Waals surface area (Å²) in [6.45, 7) is 0.776. The maximum Gasteiger partial charge on any atom is 0.123 e. The molecule has 0 radical (unpaired) electrons. The van der Waals surface area contributed by atoms with Gasteiger partial charge in [0.1, 0.15) is 5.76 Å². The van der Waals surface area contributed by atoms with Crippen LogP contribution in [0.3, 0.4) is 0 Å². The topological polar surface area (TPSA) is 42.4 Å². The second-order valence-corrected chi connectivity index (χ2v) is 5.56. The van der Waals surface area contributed by atoms with Crippen LogP contribution in [0.2, 0.25) is 0 Å². The number of benzene rings is 1. The zero-order valence-corrected chi connectivity index (χ0v) is 11.6. The molecule has 0 spiro atoms. The summed E-state index contributed by atoms with van der Waals surface area (Å²) in [7, 11) is 0. The molecule has 1 fully saturated rings. The van der Waals surface area contributed by atoms with Crippen molar-refractivity contribution in [3.63, 3.8) is 0 Å². The van der Waals surface area contributed by atoms with Gasteiger partial charge in [-0.1, -0.05) is 15.9 Å². The molecule has 0 unspecified atom stereocenters. The molecule has 18 heavy (non-hydrogen) atoms. The molecular weight excluding hydrogens is 292 g/mol. The van der Waals surface area contributed by atoms with Crippen LogP contribution in [0.25, 0.3) is 0 Å². The molecule has 0 bridgehead atoms. The number of nitrogens with zero attached hydrogens (tertiary/aromatic N) is 1. The van der Waals surface area contributed by atoms with Crippen LogP contribution in [-0.4, -0.2) is 6.04 Å². The highest BCUT2D eigenvalue weighted by Gasteiger charge is 2.30. The number of nitrogen functional groups attached to an aromatic ring is 1. The van der Waals surface area contributed by atoms with Gasteiger partial charge in [0, 0.05) is 10.5 Å². The van der Waals surface area contributed by atoms with E-state index in [2.05, 4.69) is 26.9 Å². The number of anilines is 2. The quantitative estimate of drug-likeness (QED) is 0.874. The van der Waals surface area contributed by atoms with E-state index >= 15 is 0 Å². The van der Waals surface area contributed by atoms with Crippen LogP contribution in [0.5, 0.6) is 0 Å². The fourth-order valence-electron chi connectivity index (χ4n) is 2.13. The molecule has 2 aromatic rings. The molecule has 0 saturated heterocycles. The second-order valence-electron chi connectivity index (χ2n) is 4.64. The van der Waals surface area contributed by atoms with Crippen LogP contribution < -0.4 is 10.6 Å². The van der Waals surface area contributed by atoms with Crippen LogP contribution in [0, 0.1) is 0 Å². The third-order valence-electron chi connectivity index (χ3n) is 3.20. The van der Waals surface area contributed by atoms with Crippen molar-refractivity contribution >= 4 is 27.3 Å². The first-order valence-electron chi connectivity index (χ1n) is 6.08. The lowest BCUT2D eigenvalue weighted by Crippen LogP contribution is -2.25. The number of rotatable bonds is 4. The number of furan rings is 1. The Morgan fingerprint density at radius 1 is 1.33 bits per heavy atom. The molecule has 1 aliphatic carbocycles. The molecule has 94 valence electrons. The minimum Gasteiger partial charge on any atom is -0.467 e. The van der Waals surface area contributed by atoms with Crippen molar-refractivity contribution in [2.75, 3.05) is 10.6 Å². The third kappa shape index (κ3) is 2.38. The van der Waals surface area contributed by atoms with E-state index in [0.29, 0.717) is 6.04 Å². The Hall–Kier alpha value is -1.42. The molecule has 3 rings (SSSR count). The van der Waals surface area contributed by atoms with E-state index in [0.717, 1.165) is 28.2 Å². The largest absolute Gasteiger partial charge is 0.467 e. The summed E-state index contributed by atoms with van der Waals surface area (Å²) < 4.78 is 6.49. The monoisotopic (exact) mass is 306 g/mol. The maximum atomic E-state index is 6.09. The summed E-state index contributed by atoms with van der Waals surface area (Å²) in [5.41, 5.74) is 7.99. The predicted molar refractivity (Wildman–Crippen MR) is 76.5 cm³/mol. The third-order valence-corrected chi connectivity index (χ3v) is 3.69. The van der Waals surface area contributed by atoms with Crippen molar-refractivity contribution in [1.82, 2.24) is 0 Å². The Bertz CT molecular complexity index is 535. The lowest BCUT2D eigenvalue weighted by molar-refractivity contribution is 0.501. The van der Waals surface area contributed by atoms with Crippen LogP contribution in [0.4, 0.5) is 11.4 Å². The fourth-order valence-corrected chi connectivity index (χ4v) is 2.48. The highest BCUT2D eigenvalue weighted by Crippen LogP contribution is 2.37. The van der Waals surface area contributed by atoms with Crippen LogP contribution in [0.15, 0.2) is 45.5 Å². The van der Waals surface area contributed by atoms with E-state index in [4.69, 9.17) is 10.2 Å². The molecule has 3 nitrogen and oxygen atoms in total. The van der Waals surface area contributed by atoms with Gasteiger partial charge in [-0.3, -0.25) is 0 Å². The Morgan fingerprint density at radius 3 is 2.83 bits per heavy atom. The van der Waals surface area contributed by atoms with Crippen LogP contribution >= 0.6 is 15.9 Å². The molecule has 0 aliphatic heterocycles. The van der Waals surface area contributed by atoms with Crippen molar-refractivity contribution < 1.29 is 4.42 Å². The Balaban J connectivity index is 1.91. The summed E-state index contributed by atoms with van der Waals surface area (Å²) in [4.78, 5) is 2.33. The molecule has 1 aromatic carbocycles. The molecule has 0 amide bonds. The van der Waals surface area contributed by atoms with Crippen molar-refractivity contribution in [3.8, 4) is 0 Å². The Kier molecular flexibility index (Phi) is 3.04.